The quantitative estimate of drug-likeness (QED) is 0.724. The molecule has 4 nitrogen and oxygen atoms in total. The molecular formula is C15H22ClN3O. The van der Waals surface area contributed by atoms with Crippen LogP contribution in [0.1, 0.15) is 44.3 Å². The van der Waals surface area contributed by atoms with Crippen LogP contribution in [0.2, 0.25) is 5.15 Å². The molecule has 0 saturated heterocycles. The molecule has 20 heavy (non-hydrogen) atoms. The van der Waals surface area contributed by atoms with Crippen molar-refractivity contribution in [1.82, 2.24) is 9.97 Å². The van der Waals surface area contributed by atoms with Crippen LogP contribution < -0.4 is 4.90 Å². The van der Waals surface area contributed by atoms with E-state index in [1.54, 1.807) is 7.11 Å². The molecule has 5 heteroatoms. The first-order chi connectivity index (χ1) is 9.69. The van der Waals surface area contributed by atoms with Crippen LogP contribution in [0.25, 0.3) is 0 Å². The summed E-state index contributed by atoms with van der Waals surface area (Å²) in [5.74, 6) is 3.18. The zero-order valence-corrected chi connectivity index (χ0v) is 12.9. The third-order valence-corrected chi connectivity index (χ3v) is 4.46. The van der Waals surface area contributed by atoms with E-state index in [1.807, 2.05) is 6.07 Å². The summed E-state index contributed by atoms with van der Waals surface area (Å²) in [7, 11) is 1.74. The molecule has 0 radical (unpaired) electrons. The number of rotatable bonds is 7. The Morgan fingerprint density at radius 2 is 2.10 bits per heavy atom. The van der Waals surface area contributed by atoms with Crippen molar-refractivity contribution < 1.29 is 4.74 Å². The molecular weight excluding hydrogens is 274 g/mol. The molecule has 2 aliphatic carbocycles. The van der Waals surface area contributed by atoms with Crippen molar-refractivity contribution in [1.29, 1.82) is 0 Å². The standard InChI is InChI=1S/C15H22ClN3O/c1-10(11-3-4-11)19(7-8-20-2)14-9-13(16)17-15(18-14)12-5-6-12/h9-12H,3-8H2,1-2H3. The number of ether oxygens (including phenoxy) is 1. The number of hydrogen-bond donors (Lipinski definition) is 0. The molecule has 0 bridgehead atoms. The van der Waals surface area contributed by atoms with Gasteiger partial charge in [0.2, 0.25) is 0 Å². The van der Waals surface area contributed by atoms with Crippen LogP contribution in [-0.4, -0.2) is 36.3 Å². The van der Waals surface area contributed by atoms with E-state index >= 15 is 0 Å². The Bertz CT molecular complexity index is 474. The summed E-state index contributed by atoms with van der Waals surface area (Å²) in [5, 5.41) is 0.558. The smallest absolute Gasteiger partial charge is 0.135 e. The van der Waals surface area contributed by atoms with E-state index in [9.17, 15) is 0 Å². The van der Waals surface area contributed by atoms with E-state index in [-0.39, 0.29) is 0 Å². The van der Waals surface area contributed by atoms with E-state index in [0.717, 1.165) is 24.1 Å². The SMILES string of the molecule is COCCN(c1cc(Cl)nc(C2CC2)n1)C(C)C1CC1. The summed E-state index contributed by atoms with van der Waals surface area (Å²) >= 11 is 6.19. The largest absolute Gasteiger partial charge is 0.383 e. The van der Waals surface area contributed by atoms with Gasteiger partial charge in [0.05, 0.1) is 6.61 Å². The van der Waals surface area contributed by atoms with Gasteiger partial charge in [-0.25, -0.2) is 9.97 Å². The van der Waals surface area contributed by atoms with Crippen molar-refractivity contribution in [3.8, 4) is 0 Å². The van der Waals surface area contributed by atoms with Gasteiger partial charge in [0, 0.05) is 31.7 Å². The first-order valence-corrected chi connectivity index (χ1v) is 7.87. The van der Waals surface area contributed by atoms with Gasteiger partial charge in [-0.1, -0.05) is 11.6 Å². The fourth-order valence-electron chi connectivity index (χ4n) is 2.64. The molecule has 1 heterocycles. The number of methoxy groups -OCH3 is 1. The minimum Gasteiger partial charge on any atom is -0.383 e. The lowest BCUT2D eigenvalue weighted by Gasteiger charge is -2.30. The molecule has 0 N–H and O–H groups in total. The molecule has 2 saturated carbocycles. The van der Waals surface area contributed by atoms with Crippen LogP contribution in [0.5, 0.6) is 0 Å². The molecule has 2 fully saturated rings. The minimum atomic E-state index is 0.489. The van der Waals surface area contributed by atoms with Gasteiger partial charge in [-0.05, 0) is 38.5 Å². The lowest BCUT2D eigenvalue weighted by Crippen LogP contribution is -2.38. The number of nitrogens with zero attached hydrogens (tertiary/aromatic N) is 3. The predicted molar refractivity (Wildman–Crippen MR) is 80.4 cm³/mol. The summed E-state index contributed by atoms with van der Waals surface area (Å²) in [6, 6.07) is 2.38. The highest BCUT2D eigenvalue weighted by molar-refractivity contribution is 6.29. The van der Waals surface area contributed by atoms with Gasteiger partial charge in [0.15, 0.2) is 0 Å². The molecule has 1 aromatic heterocycles. The molecule has 1 atom stereocenters. The van der Waals surface area contributed by atoms with Gasteiger partial charge < -0.3 is 9.64 Å². The summed E-state index contributed by atoms with van der Waals surface area (Å²) < 4.78 is 5.25. The minimum absolute atomic E-state index is 0.489. The first kappa shape index (κ1) is 14.1. The van der Waals surface area contributed by atoms with E-state index in [4.69, 9.17) is 21.3 Å². The third-order valence-electron chi connectivity index (χ3n) is 4.27. The van der Waals surface area contributed by atoms with Crippen LogP contribution in [0.4, 0.5) is 5.82 Å². The molecule has 0 spiro atoms. The van der Waals surface area contributed by atoms with E-state index < -0.39 is 0 Å². The zero-order chi connectivity index (χ0) is 14.1. The van der Waals surface area contributed by atoms with Crippen molar-refractivity contribution in [2.45, 2.75) is 44.6 Å². The van der Waals surface area contributed by atoms with Crippen LogP contribution in [0, 0.1) is 5.92 Å². The monoisotopic (exact) mass is 295 g/mol. The Morgan fingerprint density at radius 3 is 2.70 bits per heavy atom. The highest BCUT2D eigenvalue weighted by Crippen LogP contribution is 2.40. The Kier molecular flexibility index (Phi) is 4.13. The summed E-state index contributed by atoms with van der Waals surface area (Å²) in [5.41, 5.74) is 0. The van der Waals surface area contributed by atoms with Gasteiger partial charge in [0.1, 0.15) is 16.8 Å². The Balaban J connectivity index is 1.84. The highest BCUT2D eigenvalue weighted by atomic mass is 35.5. The second-order valence-electron chi connectivity index (χ2n) is 5.95. The Labute approximate surface area is 125 Å². The normalized spacial score (nSPS) is 19.9. The summed E-state index contributed by atoms with van der Waals surface area (Å²) in [6.07, 6.45) is 5.02. The molecule has 0 aromatic carbocycles. The van der Waals surface area contributed by atoms with Gasteiger partial charge in [0.25, 0.3) is 0 Å². The Morgan fingerprint density at radius 1 is 1.35 bits per heavy atom. The van der Waals surface area contributed by atoms with Crippen LogP contribution in [0.3, 0.4) is 0 Å². The van der Waals surface area contributed by atoms with Gasteiger partial charge in [-0.15, -0.1) is 0 Å². The molecule has 3 rings (SSSR count). The van der Waals surface area contributed by atoms with E-state index in [2.05, 4.69) is 16.8 Å². The lowest BCUT2D eigenvalue weighted by atomic mass is 10.2. The van der Waals surface area contributed by atoms with Crippen LogP contribution >= 0.6 is 11.6 Å². The van der Waals surface area contributed by atoms with Crippen molar-refractivity contribution in [3.63, 3.8) is 0 Å². The van der Waals surface area contributed by atoms with Crippen molar-refractivity contribution in [2.75, 3.05) is 25.2 Å². The van der Waals surface area contributed by atoms with Crippen LogP contribution in [-0.2, 0) is 4.74 Å². The number of hydrogen-bond acceptors (Lipinski definition) is 4. The topological polar surface area (TPSA) is 38.2 Å². The van der Waals surface area contributed by atoms with Crippen molar-refractivity contribution in [3.05, 3.63) is 17.0 Å². The first-order valence-electron chi connectivity index (χ1n) is 7.49. The lowest BCUT2D eigenvalue weighted by molar-refractivity contribution is 0.202. The fourth-order valence-corrected chi connectivity index (χ4v) is 2.83. The zero-order valence-electron chi connectivity index (χ0n) is 12.2. The fraction of sp³-hybridized carbons (Fsp3) is 0.733. The third kappa shape index (κ3) is 3.23. The van der Waals surface area contributed by atoms with Gasteiger partial charge >= 0.3 is 0 Å². The number of halogens is 1. The van der Waals surface area contributed by atoms with Crippen molar-refractivity contribution in [2.24, 2.45) is 5.92 Å². The average Bonchev–Trinajstić information content (AvgIpc) is 3.31. The maximum Gasteiger partial charge on any atom is 0.135 e. The predicted octanol–water partition coefficient (Wildman–Crippen LogP) is 3.26. The Hall–Kier alpha value is -0.870. The maximum absolute atomic E-state index is 6.19. The molecule has 0 amide bonds. The van der Waals surface area contributed by atoms with Gasteiger partial charge in [-0.3, -0.25) is 0 Å². The number of anilines is 1. The average molecular weight is 296 g/mol. The molecule has 110 valence electrons. The van der Waals surface area contributed by atoms with Gasteiger partial charge in [-0.2, -0.15) is 0 Å². The second-order valence-corrected chi connectivity index (χ2v) is 6.33. The van der Waals surface area contributed by atoms with E-state index in [1.165, 1.54) is 25.7 Å². The van der Waals surface area contributed by atoms with E-state index in [0.29, 0.717) is 23.7 Å². The molecule has 0 aliphatic heterocycles. The molecule has 1 aromatic rings. The number of aromatic nitrogens is 2. The van der Waals surface area contributed by atoms with Crippen molar-refractivity contribution >= 4 is 17.4 Å². The summed E-state index contributed by atoms with van der Waals surface area (Å²) in [6.45, 7) is 3.84. The summed E-state index contributed by atoms with van der Waals surface area (Å²) in [4.78, 5) is 11.5. The molecule has 1 unspecified atom stereocenters. The maximum atomic E-state index is 6.19. The highest BCUT2D eigenvalue weighted by Gasteiger charge is 2.34. The second kappa shape index (κ2) is 5.86. The molecule has 2 aliphatic rings. The van der Waals surface area contributed by atoms with Crippen LogP contribution in [0.15, 0.2) is 6.07 Å².